The summed E-state index contributed by atoms with van der Waals surface area (Å²) in [5, 5.41) is 3.37. The van der Waals surface area contributed by atoms with Crippen LogP contribution in [0.5, 0.6) is 0 Å². The molecule has 0 saturated carbocycles. The topological polar surface area (TPSA) is 49.6 Å². The summed E-state index contributed by atoms with van der Waals surface area (Å²) >= 11 is 0. The van der Waals surface area contributed by atoms with Gasteiger partial charge in [-0.2, -0.15) is 0 Å². The van der Waals surface area contributed by atoms with Gasteiger partial charge in [0.05, 0.1) is 5.69 Å². The largest absolute Gasteiger partial charge is 0.343 e. The van der Waals surface area contributed by atoms with Crippen molar-refractivity contribution in [3.05, 3.63) is 72.2 Å². The molecule has 0 bridgehead atoms. The van der Waals surface area contributed by atoms with Gasteiger partial charge < -0.3 is 14.6 Å². The number of pyridine rings is 1. The lowest BCUT2D eigenvalue weighted by atomic mass is 9.70. The first kappa shape index (κ1) is 18.4. The zero-order valence-electron chi connectivity index (χ0n) is 16.8. The number of hydrogen-bond donors (Lipinski definition) is 1. The molecule has 4 heterocycles. The number of carbonyl (C=O) groups excluding carboxylic acids is 1. The molecule has 0 spiro atoms. The zero-order valence-corrected chi connectivity index (χ0v) is 16.8. The molecule has 5 heteroatoms. The molecule has 1 amide bonds. The Morgan fingerprint density at radius 1 is 1.10 bits per heavy atom. The monoisotopic (exact) mass is 388 g/mol. The first-order chi connectivity index (χ1) is 14.2. The van der Waals surface area contributed by atoms with E-state index in [1.54, 1.807) is 0 Å². The Labute approximate surface area is 171 Å². The number of aromatic nitrogens is 2. The van der Waals surface area contributed by atoms with Crippen molar-refractivity contribution >= 4 is 11.6 Å². The summed E-state index contributed by atoms with van der Waals surface area (Å²) in [6.45, 7) is 3.61. The number of imidazole rings is 1. The summed E-state index contributed by atoms with van der Waals surface area (Å²) < 4.78 is 2.10. The van der Waals surface area contributed by atoms with E-state index in [1.165, 1.54) is 5.56 Å². The van der Waals surface area contributed by atoms with Crippen LogP contribution >= 0.6 is 0 Å². The Hall–Kier alpha value is -2.66. The molecule has 2 aliphatic heterocycles. The quantitative estimate of drug-likeness (QED) is 0.746. The summed E-state index contributed by atoms with van der Waals surface area (Å²) in [5.74, 6) is 0.817. The molecule has 0 aliphatic carbocycles. The molecular formula is C24H28N4O. The third-order valence-electron chi connectivity index (χ3n) is 6.78. The fraction of sp³-hybridized carbons (Fsp3) is 0.417. The first-order valence-corrected chi connectivity index (χ1v) is 10.7. The molecule has 1 unspecified atom stereocenters. The predicted molar refractivity (Wildman–Crippen MR) is 114 cm³/mol. The van der Waals surface area contributed by atoms with Crippen molar-refractivity contribution in [1.29, 1.82) is 0 Å². The highest BCUT2D eigenvalue weighted by Gasteiger charge is 2.41. The Morgan fingerprint density at radius 3 is 2.62 bits per heavy atom. The summed E-state index contributed by atoms with van der Waals surface area (Å²) in [6.07, 6.45) is 7.85. The van der Waals surface area contributed by atoms with Crippen LogP contribution in [0.4, 0.5) is 0 Å². The number of fused-ring (bicyclic) bond motifs is 1. The summed E-state index contributed by atoms with van der Waals surface area (Å²) in [5.41, 5.74) is 3.25. The van der Waals surface area contributed by atoms with Gasteiger partial charge in [0.2, 0.25) is 5.91 Å². The molecule has 2 fully saturated rings. The minimum Gasteiger partial charge on any atom is -0.343 e. The van der Waals surface area contributed by atoms with E-state index in [0.29, 0.717) is 18.2 Å². The molecule has 2 saturated heterocycles. The second-order valence-corrected chi connectivity index (χ2v) is 8.48. The van der Waals surface area contributed by atoms with Gasteiger partial charge in [0, 0.05) is 37.3 Å². The lowest BCUT2D eigenvalue weighted by Crippen LogP contribution is -2.46. The van der Waals surface area contributed by atoms with Gasteiger partial charge in [-0.3, -0.25) is 4.79 Å². The number of carbonyl (C=O) groups is 1. The standard InChI is InChI=1S/C24H28N4O/c29-23(16-19-9-12-25-17-19)27-14-10-24(11-15-27,20-6-2-1-3-7-20)21-18-28-13-5-4-8-22(28)26-21/h1-8,13,18-19,25H,9-12,14-17H2. The smallest absolute Gasteiger partial charge is 0.222 e. The minimum absolute atomic E-state index is 0.140. The van der Waals surface area contributed by atoms with Gasteiger partial charge in [0.25, 0.3) is 0 Å². The SMILES string of the molecule is O=C(CC1CCNC1)N1CCC(c2ccccc2)(c2cn3ccccc3n2)CC1. The number of nitrogens with zero attached hydrogens (tertiary/aromatic N) is 3. The second-order valence-electron chi connectivity index (χ2n) is 8.48. The molecule has 5 nitrogen and oxygen atoms in total. The van der Waals surface area contributed by atoms with E-state index < -0.39 is 0 Å². The maximum Gasteiger partial charge on any atom is 0.222 e. The van der Waals surface area contributed by atoms with Crippen molar-refractivity contribution < 1.29 is 4.79 Å². The highest BCUT2D eigenvalue weighted by atomic mass is 16.2. The van der Waals surface area contributed by atoms with Gasteiger partial charge in [-0.05, 0) is 56.0 Å². The third kappa shape index (κ3) is 3.44. The molecule has 1 atom stereocenters. The van der Waals surface area contributed by atoms with Crippen LogP contribution in [0.3, 0.4) is 0 Å². The van der Waals surface area contributed by atoms with E-state index in [2.05, 4.69) is 63.4 Å². The lowest BCUT2D eigenvalue weighted by molar-refractivity contribution is -0.133. The van der Waals surface area contributed by atoms with Crippen LogP contribution in [-0.4, -0.2) is 46.4 Å². The normalized spacial score (nSPS) is 21.5. The van der Waals surface area contributed by atoms with E-state index in [0.717, 1.165) is 56.8 Å². The summed E-state index contributed by atoms with van der Waals surface area (Å²) in [7, 11) is 0. The number of piperidine rings is 1. The number of hydrogen-bond acceptors (Lipinski definition) is 3. The molecule has 29 heavy (non-hydrogen) atoms. The molecule has 0 radical (unpaired) electrons. The van der Waals surface area contributed by atoms with Crippen molar-refractivity contribution in [1.82, 2.24) is 19.6 Å². The molecule has 2 aromatic heterocycles. The van der Waals surface area contributed by atoms with E-state index in [4.69, 9.17) is 4.98 Å². The van der Waals surface area contributed by atoms with Crippen LogP contribution in [0.2, 0.25) is 0 Å². The molecule has 1 aromatic carbocycles. The molecule has 5 rings (SSSR count). The molecule has 1 N–H and O–H groups in total. The second kappa shape index (κ2) is 7.64. The minimum atomic E-state index is -0.140. The van der Waals surface area contributed by atoms with Crippen molar-refractivity contribution in [3.63, 3.8) is 0 Å². The van der Waals surface area contributed by atoms with Crippen LogP contribution in [0.1, 0.15) is 36.9 Å². The van der Waals surface area contributed by atoms with Crippen LogP contribution in [0.25, 0.3) is 5.65 Å². The molecule has 3 aromatic rings. The van der Waals surface area contributed by atoms with Crippen molar-refractivity contribution in [2.24, 2.45) is 5.92 Å². The van der Waals surface area contributed by atoms with Crippen molar-refractivity contribution in [2.45, 2.75) is 31.1 Å². The Bertz CT molecular complexity index is 949. The van der Waals surface area contributed by atoms with Crippen LogP contribution in [-0.2, 0) is 10.2 Å². The van der Waals surface area contributed by atoms with Crippen molar-refractivity contribution in [3.8, 4) is 0 Å². The maximum atomic E-state index is 12.9. The molecule has 2 aliphatic rings. The first-order valence-electron chi connectivity index (χ1n) is 10.7. The highest BCUT2D eigenvalue weighted by Crippen LogP contribution is 2.41. The Balaban J connectivity index is 1.42. The van der Waals surface area contributed by atoms with E-state index >= 15 is 0 Å². The fourth-order valence-electron chi connectivity index (χ4n) is 5.02. The number of rotatable bonds is 4. The van der Waals surface area contributed by atoms with Crippen molar-refractivity contribution in [2.75, 3.05) is 26.2 Å². The maximum absolute atomic E-state index is 12.9. The van der Waals surface area contributed by atoms with Gasteiger partial charge in [-0.1, -0.05) is 36.4 Å². The van der Waals surface area contributed by atoms with Crippen LogP contribution in [0, 0.1) is 5.92 Å². The summed E-state index contributed by atoms with van der Waals surface area (Å²) in [6, 6.07) is 16.8. The average Bonchev–Trinajstić information content (AvgIpc) is 3.44. The number of nitrogens with one attached hydrogen (secondary N) is 1. The molecule has 150 valence electrons. The van der Waals surface area contributed by atoms with E-state index in [-0.39, 0.29) is 5.41 Å². The lowest BCUT2D eigenvalue weighted by Gasteiger charge is -2.41. The van der Waals surface area contributed by atoms with Gasteiger partial charge in [0.1, 0.15) is 5.65 Å². The fourth-order valence-corrected chi connectivity index (χ4v) is 5.02. The van der Waals surface area contributed by atoms with Crippen LogP contribution < -0.4 is 5.32 Å². The Kier molecular flexibility index (Phi) is 4.84. The van der Waals surface area contributed by atoms with Gasteiger partial charge >= 0.3 is 0 Å². The Morgan fingerprint density at radius 2 is 1.90 bits per heavy atom. The van der Waals surface area contributed by atoms with Gasteiger partial charge in [-0.15, -0.1) is 0 Å². The highest BCUT2D eigenvalue weighted by molar-refractivity contribution is 5.76. The van der Waals surface area contributed by atoms with Crippen LogP contribution in [0.15, 0.2) is 60.9 Å². The predicted octanol–water partition coefficient (Wildman–Crippen LogP) is 3.24. The summed E-state index contributed by atoms with van der Waals surface area (Å²) in [4.78, 5) is 19.9. The molecular weight excluding hydrogens is 360 g/mol. The van der Waals surface area contributed by atoms with Gasteiger partial charge in [-0.25, -0.2) is 4.98 Å². The number of likely N-dealkylation sites (tertiary alicyclic amines) is 1. The third-order valence-corrected chi connectivity index (χ3v) is 6.78. The zero-order chi connectivity index (χ0) is 19.7. The van der Waals surface area contributed by atoms with E-state index in [9.17, 15) is 4.79 Å². The number of benzene rings is 1. The van der Waals surface area contributed by atoms with Gasteiger partial charge in [0.15, 0.2) is 0 Å². The van der Waals surface area contributed by atoms with E-state index in [1.807, 2.05) is 12.1 Å². The average molecular weight is 389 g/mol. The number of amides is 1.